The first kappa shape index (κ1) is 14.3. The van der Waals surface area contributed by atoms with E-state index in [1.54, 1.807) is 0 Å². The molecule has 1 aliphatic rings. The normalized spacial score (nSPS) is 19.5. The molecule has 0 amide bonds. The molecule has 0 saturated heterocycles. The third-order valence-electron chi connectivity index (χ3n) is 3.84. The molecule has 0 spiro atoms. The maximum atomic E-state index is 5.65. The van der Waals surface area contributed by atoms with E-state index in [4.69, 9.17) is 5.84 Å². The predicted molar refractivity (Wildman–Crippen MR) is 74.5 cm³/mol. The van der Waals surface area contributed by atoms with Gasteiger partial charge >= 0.3 is 0 Å². The minimum atomic E-state index is 0.510. The van der Waals surface area contributed by atoms with E-state index in [0.717, 1.165) is 11.2 Å². The summed E-state index contributed by atoms with van der Waals surface area (Å²) < 4.78 is 0. The van der Waals surface area contributed by atoms with Gasteiger partial charge in [-0.25, -0.2) is 0 Å². The van der Waals surface area contributed by atoms with Gasteiger partial charge in [0, 0.05) is 17.0 Å². The number of thioether (sulfide) groups is 1. The van der Waals surface area contributed by atoms with Crippen molar-refractivity contribution in [3.8, 4) is 0 Å². The van der Waals surface area contributed by atoms with Crippen LogP contribution in [0.1, 0.15) is 58.8 Å². The van der Waals surface area contributed by atoms with E-state index in [9.17, 15) is 0 Å². The fraction of sp³-hybridized carbons (Fsp3) is 1.00. The summed E-state index contributed by atoms with van der Waals surface area (Å²) in [6.07, 6.45) is 9.52. The molecule has 1 unspecified atom stereocenters. The second kappa shape index (κ2) is 8.37. The molecule has 3 N–H and O–H groups in total. The lowest BCUT2D eigenvalue weighted by Crippen LogP contribution is -2.38. The number of hydrogen-bond donors (Lipinski definition) is 2. The topological polar surface area (TPSA) is 38.0 Å². The summed E-state index contributed by atoms with van der Waals surface area (Å²) in [4.78, 5) is 0. The molecular weight excluding hydrogens is 216 g/mol. The lowest BCUT2D eigenvalue weighted by molar-refractivity contribution is 0.387. The smallest absolute Gasteiger partial charge is 0.0303 e. The highest BCUT2D eigenvalue weighted by Gasteiger charge is 2.18. The SMILES string of the molecule is CCC(CC)CC(CSC1CCCC1)NN. The van der Waals surface area contributed by atoms with Crippen LogP contribution in [0.25, 0.3) is 0 Å². The van der Waals surface area contributed by atoms with Gasteiger partial charge < -0.3 is 0 Å². The highest BCUT2D eigenvalue weighted by Crippen LogP contribution is 2.30. The second-order valence-electron chi connectivity index (χ2n) is 5.02. The largest absolute Gasteiger partial charge is 0.271 e. The van der Waals surface area contributed by atoms with Crippen molar-refractivity contribution in [2.75, 3.05) is 5.75 Å². The summed E-state index contributed by atoms with van der Waals surface area (Å²) in [6, 6.07) is 0.510. The van der Waals surface area contributed by atoms with Crippen LogP contribution in [0.5, 0.6) is 0 Å². The Morgan fingerprint density at radius 2 is 1.88 bits per heavy atom. The van der Waals surface area contributed by atoms with Crippen molar-refractivity contribution < 1.29 is 0 Å². The number of nitrogens with two attached hydrogens (primary N) is 1. The number of hydrazine groups is 1. The average Bonchev–Trinajstić information content (AvgIpc) is 2.83. The van der Waals surface area contributed by atoms with E-state index >= 15 is 0 Å². The van der Waals surface area contributed by atoms with Crippen LogP contribution in [0.4, 0.5) is 0 Å². The summed E-state index contributed by atoms with van der Waals surface area (Å²) in [7, 11) is 0. The minimum Gasteiger partial charge on any atom is -0.271 e. The molecule has 0 aromatic heterocycles. The van der Waals surface area contributed by atoms with Gasteiger partial charge in [0.05, 0.1) is 0 Å². The summed E-state index contributed by atoms with van der Waals surface area (Å²) in [6.45, 7) is 4.57. The van der Waals surface area contributed by atoms with E-state index in [0.29, 0.717) is 6.04 Å². The number of rotatable bonds is 8. The first-order valence-electron chi connectivity index (χ1n) is 6.87. The van der Waals surface area contributed by atoms with E-state index in [1.807, 2.05) is 0 Å². The Balaban J connectivity index is 2.19. The van der Waals surface area contributed by atoms with Crippen LogP contribution in [0.3, 0.4) is 0 Å². The third-order valence-corrected chi connectivity index (χ3v) is 5.38. The molecule has 1 fully saturated rings. The third kappa shape index (κ3) is 5.07. The Bertz CT molecular complexity index is 165. The first-order valence-corrected chi connectivity index (χ1v) is 7.92. The molecule has 96 valence electrons. The molecule has 0 aromatic carbocycles. The van der Waals surface area contributed by atoms with Crippen molar-refractivity contribution in [1.82, 2.24) is 5.43 Å². The molecule has 2 nitrogen and oxygen atoms in total. The Hall–Kier alpha value is 0.270. The lowest BCUT2D eigenvalue weighted by Gasteiger charge is -2.22. The molecule has 0 radical (unpaired) electrons. The first-order chi connectivity index (χ1) is 7.80. The molecule has 1 rings (SSSR count). The second-order valence-corrected chi connectivity index (χ2v) is 6.35. The van der Waals surface area contributed by atoms with E-state index < -0.39 is 0 Å². The minimum absolute atomic E-state index is 0.510. The van der Waals surface area contributed by atoms with E-state index in [1.165, 1.54) is 50.7 Å². The van der Waals surface area contributed by atoms with Crippen LogP contribution in [-0.2, 0) is 0 Å². The van der Waals surface area contributed by atoms with Gasteiger partial charge in [0.1, 0.15) is 0 Å². The zero-order valence-electron chi connectivity index (χ0n) is 10.9. The molecule has 0 aliphatic heterocycles. The molecule has 0 bridgehead atoms. The molecule has 1 saturated carbocycles. The zero-order valence-corrected chi connectivity index (χ0v) is 11.7. The summed E-state index contributed by atoms with van der Waals surface area (Å²) in [5.74, 6) is 7.68. The highest BCUT2D eigenvalue weighted by atomic mass is 32.2. The van der Waals surface area contributed by atoms with Crippen LogP contribution < -0.4 is 11.3 Å². The van der Waals surface area contributed by atoms with Gasteiger partial charge in [0.25, 0.3) is 0 Å². The molecular formula is C13H28N2S. The fourth-order valence-corrected chi connectivity index (χ4v) is 3.92. The van der Waals surface area contributed by atoms with Crippen molar-refractivity contribution in [2.24, 2.45) is 11.8 Å². The lowest BCUT2D eigenvalue weighted by atomic mass is 9.96. The number of hydrogen-bond acceptors (Lipinski definition) is 3. The van der Waals surface area contributed by atoms with Gasteiger partial charge in [-0.05, 0) is 25.2 Å². The standard InChI is InChI=1S/C13H28N2S/c1-3-11(4-2)9-12(15-14)10-16-13-7-5-6-8-13/h11-13,15H,3-10,14H2,1-2H3. The fourth-order valence-electron chi connectivity index (χ4n) is 2.52. The highest BCUT2D eigenvalue weighted by molar-refractivity contribution is 7.99. The van der Waals surface area contributed by atoms with E-state index in [-0.39, 0.29) is 0 Å². The molecule has 0 heterocycles. The Morgan fingerprint density at radius 3 is 2.38 bits per heavy atom. The van der Waals surface area contributed by atoms with Gasteiger partial charge in [0.2, 0.25) is 0 Å². The summed E-state index contributed by atoms with van der Waals surface area (Å²) >= 11 is 2.14. The van der Waals surface area contributed by atoms with Gasteiger partial charge in [-0.15, -0.1) is 0 Å². The Labute approximate surface area is 105 Å². The monoisotopic (exact) mass is 244 g/mol. The van der Waals surface area contributed by atoms with Crippen LogP contribution in [0.2, 0.25) is 0 Å². The molecule has 0 aromatic rings. The van der Waals surface area contributed by atoms with Gasteiger partial charge in [-0.3, -0.25) is 11.3 Å². The maximum absolute atomic E-state index is 5.65. The van der Waals surface area contributed by atoms with Gasteiger partial charge in [-0.2, -0.15) is 11.8 Å². The summed E-state index contributed by atoms with van der Waals surface area (Å²) in [5, 5.41) is 0.914. The molecule has 1 atom stereocenters. The van der Waals surface area contributed by atoms with Crippen LogP contribution >= 0.6 is 11.8 Å². The quantitative estimate of drug-likeness (QED) is 0.508. The van der Waals surface area contributed by atoms with Crippen molar-refractivity contribution >= 4 is 11.8 Å². The van der Waals surface area contributed by atoms with Crippen molar-refractivity contribution in [3.63, 3.8) is 0 Å². The van der Waals surface area contributed by atoms with E-state index in [2.05, 4.69) is 31.0 Å². The van der Waals surface area contributed by atoms with Gasteiger partial charge in [0.15, 0.2) is 0 Å². The zero-order chi connectivity index (χ0) is 11.8. The van der Waals surface area contributed by atoms with Crippen molar-refractivity contribution in [2.45, 2.75) is 70.1 Å². The van der Waals surface area contributed by atoms with Crippen LogP contribution in [0, 0.1) is 5.92 Å². The molecule has 16 heavy (non-hydrogen) atoms. The van der Waals surface area contributed by atoms with Crippen molar-refractivity contribution in [1.29, 1.82) is 0 Å². The molecule has 3 heteroatoms. The Morgan fingerprint density at radius 1 is 1.25 bits per heavy atom. The average molecular weight is 244 g/mol. The van der Waals surface area contributed by atoms with Gasteiger partial charge in [-0.1, -0.05) is 39.5 Å². The Kier molecular flexibility index (Phi) is 7.50. The summed E-state index contributed by atoms with van der Waals surface area (Å²) in [5.41, 5.74) is 3.00. The van der Waals surface area contributed by atoms with Crippen molar-refractivity contribution in [3.05, 3.63) is 0 Å². The van der Waals surface area contributed by atoms with Crippen LogP contribution in [0.15, 0.2) is 0 Å². The molecule has 1 aliphatic carbocycles. The predicted octanol–water partition coefficient (Wildman–Crippen LogP) is 3.32. The number of nitrogens with one attached hydrogen (secondary N) is 1. The van der Waals surface area contributed by atoms with Crippen LogP contribution in [-0.4, -0.2) is 17.0 Å². The maximum Gasteiger partial charge on any atom is 0.0303 e.